The standard InChI is InChI=1S/C16H18F3NO2/c17-16(18,19)13-9-5-4-8-12(13)14(21)10-20-15(22)11-6-2-1-3-7-11/h1-2,4-5,8-9,11,14,21H,3,6-7,10H2,(H,20,22)/t11-,14+/m0/s1. The third-order valence-electron chi connectivity index (χ3n) is 3.73. The minimum absolute atomic E-state index is 0.171. The predicted octanol–water partition coefficient (Wildman–Crippen LogP) is 3.21. The van der Waals surface area contributed by atoms with Crippen molar-refractivity contribution in [3.63, 3.8) is 0 Å². The molecule has 0 saturated carbocycles. The Morgan fingerprint density at radius 2 is 2.05 bits per heavy atom. The molecule has 120 valence electrons. The van der Waals surface area contributed by atoms with E-state index < -0.39 is 17.8 Å². The number of alkyl halides is 3. The molecular weight excluding hydrogens is 295 g/mol. The number of benzene rings is 1. The van der Waals surface area contributed by atoms with Crippen LogP contribution in [0.3, 0.4) is 0 Å². The first kappa shape index (κ1) is 16.5. The maximum Gasteiger partial charge on any atom is 0.416 e. The van der Waals surface area contributed by atoms with Gasteiger partial charge in [-0.1, -0.05) is 30.4 Å². The summed E-state index contributed by atoms with van der Waals surface area (Å²) in [6.07, 6.45) is 0.161. The van der Waals surface area contributed by atoms with Crippen molar-refractivity contribution in [2.45, 2.75) is 31.5 Å². The van der Waals surface area contributed by atoms with E-state index in [2.05, 4.69) is 5.32 Å². The van der Waals surface area contributed by atoms with Crippen LogP contribution in [0, 0.1) is 5.92 Å². The molecule has 1 aromatic carbocycles. The summed E-state index contributed by atoms with van der Waals surface area (Å²) in [5.41, 5.74) is -1.10. The largest absolute Gasteiger partial charge is 0.416 e. The fourth-order valence-electron chi connectivity index (χ4n) is 2.53. The number of aliphatic hydroxyl groups is 1. The second-order valence-corrected chi connectivity index (χ2v) is 5.33. The van der Waals surface area contributed by atoms with Crippen LogP contribution in [-0.4, -0.2) is 17.6 Å². The van der Waals surface area contributed by atoms with Gasteiger partial charge in [-0.05, 0) is 30.9 Å². The van der Waals surface area contributed by atoms with Gasteiger partial charge in [0, 0.05) is 12.5 Å². The lowest BCUT2D eigenvalue weighted by molar-refractivity contribution is -0.139. The maximum absolute atomic E-state index is 12.9. The summed E-state index contributed by atoms with van der Waals surface area (Å²) in [4.78, 5) is 11.9. The highest BCUT2D eigenvalue weighted by Crippen LogP contribution is 2.34. The lowest BCUT2D eigenvalue weighted by Crippen LogP contribution is -2.34. The zero-order valence-electron chi connectivity index (χ0n) is 11.9. The number of carbonyl (C=O) groups excluding carboxylic acids is 1. The Balaban J connectivity index is 1.99. The number of allylic oxidation sites excluding steroid dienone is 2. The number of carbonyl (C=O) groups is 1. The summed E-state index contributed by atoms with van der Waals surface area (Å²) in [6.45, 7) is -0.230. The van der Waals surface area contributed by atoms with Crippen LogP contribution >= 0.6 is 0 Å². The molecule has 3 nitrogen and oxygen atoms in total. The average molecular weight is 313 g/mol. The molecule has 0 heterocycles. The van der Waals surface area contributed by atoms with Gasteiger partial charge in [0.25, 0.3) is 0 Å². The molecule has 2 rings (SSSR count). The third-order valence-corrected chi connectivity index (χ3v) is 3.73. The molecule has 0 fully saturated rings. The normalized spacial score (nSPS) is 19.7. The van der Waals surface area contributed by atoms with Crippen LogP contribution in [0.2, 0.25) is 0 Å². The molecule has 0 spiro atoms. The number of hydrogen-bond donors (Lipinski definition) is 2. The van der Waals surface area contributed by atoms with Crippen molar-refractivity contribution in [1.82, 2.24) is 5.32 Å². The molecule has 0 bridgehead atoms. The molecule has 1 aromatic rings. The number of aliphatic hydroxyl groups excluding tert-OH is 1. The van der Waals surface area contributed by atoms with E-state index in [0.717, 1.165) is 18.9 Å². The molecule has 1 amide bonds. The van der Waals surface area contributed by atoms with Gasteiger partial charge in [-0.2, -0.15) is 13.2 Å². The van der Waals surface area contributed by atoms with Gasteiger partial charge in [0.05, 0.1) is 11.7 Å². The lowest BCUT2D eigenvalue weighted by atomic mass is 9.93. The molecule has 1 aliphatic carbocycles. The molecule has 1 aliphatic rings. The Labute approximate surface area is 126 Å². The highest BCUT2D eigenvalue weighted by atomic mass is 19.4. The van der Waals surface area contributed by atoms with Gasteiger partial charge in [-0.15, -0.1) is 0 Å². The first-order valence-corrected chi connectivity index (χ1v) is 7.16. The fourth-order valence-corrected chi connectivity index (χ4v) is 2.53. The van der Waals surface area contributed by atoms with Crippen molar-refractivity contribution in [2.24, 2.45) is 5.92 Å². The van der Waals surface area contributed by atoms with Crippen LogP contribution in [0.15, 0.2) is 36.4 Å². The van der Waals surface area contributed by atoms with E-state index in [0.29, 0.717) is 6.42 Å². The summed E-state index contributed by atoms with van der Waals surface area (Å²) < 4.78 is 38.7. The van der Waals surface area contributed by atoms with Crippen LogP contribution in [0.5, 0.6) is 0 Å². The summed E-state index contributed by atoms with van der Waals surface area (Å²) in [7, 11) is 0. The van der Waals surface area contributed by atoms with Crippen molar-refractivity contribution >= 4 is 5.91 Å². The van der Waals surface area contributed by atoms with Crippen molar-refractivity contribution in [1.29, 1.82) is 0 Å². The number of halogens is 3. The fraction of sp³-hybridized carbons (Fsp3) is 0.438. The molecule has 0 aliphatic heterocycles. The van der Waals surface area contributed by atoms with Crippen molar-refractivity contribution in [3.8, 4) is 0 Å². The summed E-state index contributed by atoms with van der Waals surface area (Å²) in [6, 6.07) is 4.85. The summed E-state index contributed by atoms with van der Waals surface area (Å²) in [5.74, 6) is -0.400. The smallest absolute Gasteiger partial charge is 0.387 e. The summed E-state index contributed by atoms with van der Waals surface area (Å²) >= 11 is 0. The van der Waals surface area contributed by atoms with E-state index in [9.17, 15) is 23.1 Å². The van der Waals surface area contributed by atoms with E-state index in [1.165, 1.54) is 18.2 Å². The van der Waals surface area contributed by atoms with E-state index in [-0.39, 0.29) is 23.9 Å². The molecule has 0 saturated heterocycles. The van der Waals surface area contributed by atoms with Gasteiger partial charge in [0.2, 0.25) is 5.91 Å². The quantitative estimate of drug-likeness (QED) is 0.839. The maximum atomic E-state index is 12.9. The van der Waals surface area contributed by atoms with Gasteiger partial charge < -0.3 is 10.4 Å². The number of rotatable bonds is 4. The van der Waals surface area contributed by atoms with E-state index in [1.54, 1.807) is 0 Å². The van der Waals surface area contributed by atoms with Crippen molar-refractivity contribution in [2.75, 3.05) is 6.54 Å². The topological polar surface area (TPSA) is 49.3 Å². The molecule has 2 atom stereocenters. The molecule has 0 unspecified atom stereocenters. The second kappa shape index (κ2) is 6.96. The van der Waals surface area contributed by atoms with Crippen LogP contribution in [0.4, 0.5) is 13.2 Å². The minimum atomic E-state index is -4.53. The van der Waals surface area contributed by atoms with Crippen molar-refractivity contribution < 1.29 is 23.1 Å². The van der Waals surface area contributed by atoms with Gasteiger partial charge in [-0.25, -0.2) is 0 Å². The number of amides is 1. The number of hydrogen-bond acceptors (Lipinski definition) is 2. The Kier molecular flexibility index (Phi) is 5.24. The third kappa shape index (κ3) is 4.10. The van der Waals surface area contributed by atoms with Gasteiger partial charge in [0.1, 0.15) is 0 Å². The lowest BCUT2D eigenvalue weighted by Gasteiger charge is -2.20. The molecule has 22 heavy (non-hydrogen) atoms. The van der Waals surface area contributed by atoms with E-state index >= 15 is 0 Å². The van der Waals surface area contributed by atoms with Gasteiger partial charge in [-0.3, -0.25) is 4.79 Å². The Morgan fingerprint density at radius 1 is 1.32 bits per heavy atom. The first-order chi connectivity index (χ1) is 10.4. The Hall–Kier alpha value is -1.82. The first-order valence-electron chi connectivity index (χ1n) is 7.16. The second-order valence-electron chi connectivity index (χ2n) is 5.33. The van der Waals surface area contributed by atoms with Crippen LogP contribution < -0.4 is 5.32 Å². The van der Waals surface area contributed by atoms with Crippen LogP contribution in [0.25, 0.3) is 0 Å². The predicted molar refractivity (Wildman–Crippen MR) is 75.9 cm³/mol. The Morgan fingerprint density at radius 3 is 2.68 bits per heavy atom. The van der Waals surface area contributed by atoms with Gasteiger partial charge in [0.15, 0.2) is 0 Å². The molecule has 0 aromatic heterocycles. The van der Waals surface area contributed by atoms with E-state index in [1.807, 2.05) is 12.2 Å². The highest BCUT2D eigenvalue weighted by Gasteiger charge is 2.34. The zero-order chi connectivity index (χ0) is 16.2. The van der Waals surface area contributed by atoms with Gasteiger partial charge >= 0.3 is 6.18 Å². The summed E-state index contributed by atoms with van der Waals surface area (Å²) in [5, 5.41) is 12.5. The SMILES string of the molecule is O=C(NC[C@@H](O)c1ccccc1C(F)(F)F)[C@H]1CC=CCC1. The van der Waals surface area contributed by atoms with Crippen LogP contribution in [-0.2, 0) is 11.0 Å². The van der Waals surface area contributed by atoms with Crippen LogP contribution in [0.1, 0.15) is 36.5 Å². The molecule has 2 N–H and O–H groups in total. The zero-order valence-corrected chi connectivity index (χ0v) is 11.9. The molecule has 6 heteroatoms. The average Bonchev–Trinajstić information content (AvgIpc) is 2.52. The van der Waals surface area contributed by atoms with Crippen molar-refractivity contribution in [3.05, 3.63) is 47.5 Å². The molecular formula is C16H18F3NO2. The highest BCUT2D eigenvalue weighted by molar-refractivity contribution is 5.79. The molecule has 0 radical (unpaired) electrons. The van der Waals surface area contributed by atoms with E-state index in [4.69, 9.17) is 0 Å². The number of nitrogens with one attached hydrogen (secondary N) is 1. The minimum Gasteiger partial charge on any atom is -0.387 e. The monoisotopic (exact) mass is 313 g/mol. The Bertz CT molecular complexity index is 555.